The van der Waals surface area contributed by atoms with Gasteiger partial charge in [-0.2, -0.15) is 0 Å². The highest BCUT2D eigenvalue weighted by Gasteiger charge is 2.05. The van der Waals surface area contributed by atoms with Gasteiger partial charge < -0.3 is 0 Å². The molecular weight excluding hydrogens is 194 g/mol. The zero-order valence-corrected chi connectivity index (χ0v) is 10.4. The van der Waals surface area contributed by atoms with Gasteiger partial charge in [-0.3, -0.25) is 9.10 Å². The fraction of sp³-hybridized carbons (Fsp3) is 0.909. The van der Waals surface area contributed by atoms with Crippen LogP contribution >= 0.6 is 12.8 Å². The lowest BCUT2D eigenvalue weighted by atomic mass is 10.1. The van der Waals surface area contributed by atoms with Gasteiger partial charge in [0, 0.05) is 13.0 Å². The molecule has 0 fully saturated rings. The summed E-state index contributed by atoms with van der Waals surface area (Å²) in [5.41, 5.74) is 0. The molecule has 0 unspecified atom stereocenters. The van der Waals surface area contributed by atoms with Crippen LogP contribution in [0.1, 0.15) is 58.8 Å². The van der Waals surface area contributed by atoms with Crippen molar-refractivity contribution in [1.82, 2.24) is 4.31 Å². The lowest BCUT2D eigenvalue weighted by molar-refractivity contribution is -0.125. The van der Waals surface area contributed by atoms with Gasteiger partial charge in [-0.1, -0.05) is 58.8 Å². The van der Waals surface area contributed by atoms with Crippen LogP contribution in [-0.2, 0) is 4.79 Å². The minimum atomic E-state index is 0.127. The number of hydrogen-bond donors (Lipinski definition) is 1. The maximum absolute atomic E-state index is 11.1. The highest BCUT2D eigenvalue weighted by molar-refractivity contribution is 7.78. The Morgan fingerprint density at radius 1 is 1.07 bits per heavy atom. The molecule has 0 heterocycles. The average molecular weight is 217 g/mol. The molecule has 0 atom stereocenters. The molecule has 84 valence electrons. The Bertz CT molecular complexity index is 150. The third kappa shape index (κ3) is 7.25. The van der Waals surface area contributed by atoms with Crippen molar-refractivity contribution in [2.45, 2.75) is 58.8 Å². The van der Waals surface area contributed by atoms with Gasteiger partial charge >= 0.3 is 0 Å². The summed E-state index contributed by atoms with van der Waals surface area (Å²) in [4.78, 5) is 11.1. The minimum absolute atomic E-state index is 0.127. The van der Waals surface area contributed by atoms with Crippen LogP contribution in [0.2, 0.25) is 0 Å². The first kappa shape index (κ1) is 13.8. The number of nitrogens with zero attached hydrogens (tertiary/aromatic N) is 1. The Kier molecular flexibility index (Phi) is 9.26. The molecule has 0 N–H and O–H groups in total. The van der Waals surface area contributed by atoms with E-state index < -0.39 is 0 Å². The zero-order valence-electron chi connectivity index (χ0n) is 9.46. The summed E-state index contributed by atoms with van der Waals surface area (Å²) in [6.07, 6.45) is 8.08. The molecule has 0 aromatic heterocycles. The fourth-order valence-electron chi connectivity index (χ4n) is 1.35. The van der Waals surface area contributed by atoms with Crippen LogP contribution in [0.4, 0.5) is 0 Å². The molecule has 0 radical (unpaired) electrons. The molecule has 0 aliphatic carbocycles. The fourth-order valence-corrected chi connectivity index (χ4v) is 1.63. The molecule has 0 saturated carbocycles. The van der Waals surface area contributed by atoms with E-state index in [0.717, 1.165) is 13.0 Å². The van der Waals surface area contributed by atoms with Crippen molar-refractivity contribution in [2.24, 2.45) is 0 Å². The first-order valence-electron chi connectivity index (χ1n) is 5.71. The second-order valence-electron chi connectivity index (χ2n) is 3.64. The predicted octanol–water partition coefficient (Wildman–Crippen LogP) is 3.43. The van der Waals surface area contributed by atoms with Gasteiger partial charge in [-0.15, -0.1) is 0 Å². The molecule has 2 nitrogen and oxygen atoms in total. The topological polar surface area (TPSA) is 20.3 Å². The van der Waals surface area contributed by atoms with E-state index in [1.165, 1.54) is 32.1 Å². The van der Waals surface area contributed by atoms with Crippen LogP contribution in [0.5, 0.6) is 0 Å². The third-order valence-electron chi connectivity index (χ3n) is 2.31. The normalized spacial score (nSPS) is 10.2. The van der Waals surface area contributed by atoms with E-state index in [-0.39, 0.29) is 5.91 Å². The van der Waals surface area contributed by atoms with Gasteiger partial charge in [0.2, 0.25) is 5.91 Å². The Morgan fingerprint density at radius 2 is 1.64 bits per heavy atom. The number of carbonyl (C=O) groups is 1. The van der Waals surface area contributed by atoms with E-state index >= 15 is 0 Å². The van der Waals surface area contributed by atoms with Crippen LogP contribution in [0.15, 0.2) is 0 Å². The molecule has 3 heteroatoms. The molecule has 0 aromatic carbocycles. The smallest absolute Gasteiger partial charge is 0.231 e. The molecule has 0 rings (SSSR count). The quantitative estimate of drug-likeness (QED) is 0.488. The monoisotopic (exact) mass is 217 g/mol. The highest BCUT2D eigenvalue weighted by atomic mass is 32.1. The van der Waals surface area contributed by atoms with Crippen molar-refractivity contribution < 1.29 is 4.79 Å². The number of rotatable bonds is 8. The number of carbonyl (C=O) groups excluding carboxylic acids is 1. The number of amides is 1. The van der Waals surface area contributed by atoms with E-state index in [2.05, 4.69) is 19.7 Å². The summed E-state index contributed by atoms with van der Waals surface area (Å²) >= 11 is 4.13. The first-order valence-corrected chi connectivity index (χ1v) is 6.11. The summed E-state index contributed by atoms with van der Waals surface area (Å²) in [6, 6.07) is 0. The van der Waals surface area contributed by atoms with Gasteiger partial charge in [0.25, 0.3) is 0 Å². The predicted molar refractivity (Wildman–Crippen MR) is 64.4 cm³/mol. The highest BCUT2D eigenvalue weighted by Crippen LogP contribution is 2.07. The molecule has 0 aliphatic rings. The first-order chi connectivity index (χ1) is 6.72. The summed E-state index contributed by atoms with van der Waals surface area (Å²) < 4.78 is 1.54. The van der Waals surface area contributed by atoms with Crippen molar-refractivity contribution in [2.75, 3.05) is 6.54 Å². The molecule has 14 heavy (non-hydrogen) atoms. The minimum Gasteiger partial charge on any atom is -0.289 e. The van der Waals surface area contributed by atoms with Gasteiger partial charge in [-0.25, -0.2) is 0 Å². The van der Waals surface area contributed by atoms with Crippen molar-refractivity contribution in [1.29, 1.82) is 0 Å². The van der Waals surface area contributed by atoms with Gasteiger partial charge in [-0.05, 0) is 6.42 Å². The third-order valence-corrected chi connectivity index (χ3v) is 2.74. The number of thiol groups is 1. The Morgan fingerprint density at radius 3 is 2.21 bits per heavy atom. The van der Waals surface area contributed by atoms with Crippen LogP contribution in [-0.4, -0.2) is 16.8 Å². The average Bonchev–Trinajstić information content (AvgIpc) is 2.21. The van der Waals surface area contributed by atoms with Crippen molar-refractivity contribution in [3.63, 3.8) is 0 Å². The van der Waals surface area contributed by atoms with Gasteiger partial charge in [0.05, 0.1) is 0 Å². The molecule has 0 bridgehead atoms. The molecule has 1 amide bonds. The van der Waals surface area contributed by atoms with Crippen molar-refractivity contribution in [3.05, 3.63) is 0 Å². The van der Waals surface area contributed by atoms with E-state index in [4.69, 9.17) is 0 Å². The molecule has 0 spiro atoms. The number of unbranched alkanes of at least 4 members (excludes halogenated alkanes) is 5. The van der Waals surface area contributed by atoms with Crippen LogP contribution < -0.4 is 0 Å². The molecular formula is C11H23NOS. The van der Waals surface area contributed by atoms with E-state index in [0.29, 0.717) is 6.42 Å². The Balaban J connectivity index is 3.23. The standard InChI is InChI=1S/C11H23NOS/c1-3-5-6-7-8-9-10-12(14)11(13)4-2/h14H,3-10H2,1-2H3. The van der Waals surface area contributed by atoms with Crippen molar-refractivity contribution in [3.8, 4) is 0 Å². The Labute approximate surface area is 93.6 Å². The molecule has 0 aromatic rings. The lowest BCUT2D eigenvalue weighted by Crippen LogP contribution is -2.21. The second kappa shape index (κ2) is 9.38. The maximum atomic E-state index is 11.1. The number of hydrogen-bond acceptors (Lipinski definition) is 2. The lowest BCUT2D eigenvalue weighted by Gasteiger charge is -2.13. The Hall–Kier alpha value is -0.180. The summed E-state index contributed by atoms with van der Waals surface area (Å²) in [7, 11) is 0. The SMILES string of the molecule is CCCCCCCCN(S)C(=O)CC. The van der Waals surface area contributed by atoms with Gasteiger partial charge in [0.15, 0.2) is 0 Å². The maximum Gasteiger partial charge on any atom is 0.231 e. The van der Waals surface area contributed by atoms with Crippen molar-refractivity contribution >= 4 is 18.7 Å². The summed E-state index contributed by atoms with van der Waals surface area (Å²) in [6.45, 7) is 4.88. The van der Waals surface area contributed by atoms with Crippen LogP contribution in [0.3, 0.4) is 0 Å². The largest absolute Gasteiger partial charge is 0.289 e. The van der Waals surface area contributed by atoms with Crippen LogP contribution in [0.25, 0.3) is 0 Å². The summed E-state index contributed by atoms with van der Waals surface area (Å²) in [5, 5.41) is 0. The van der Waals surface area contributed by atoms with E-state index in [1.54, 1.807) is 4.31 Å². The molecule has 0 aliphatic heterocycles. The van der Waals surface area contributed by atoms with Gasteiger partial charge in [0.1, 0.15) is 0 Å². The van der Waals surface area contributed by atoms with E-state index in [9.17, 15) is 4.79 Å². The van der Waals surface area contributed by atoms with E-state index in [1.807, 2.05) is 6.92 Å². The zero-order chi connectivity index (χ0) is 10.8. The van der Waals surface area contributed by atoms with Crippen LogP contribution in [0, 0.1) is 0 Å². The molecule has 0 saturated heterocycles. The second-order valence-corrected chi connectivity index (χ2v) is 4.12. The summed E-state index contributed by atoms with van der Waals surface area (Å²) in [5.74, 6) is 0.127.